The maximum absolute atomic E-state index is 13.8. The number of anilines is 1. The highest BCUT2D eigenvalue weighted by Gasteiger charge is 2.28. The molecule has 0 aliphatic rings. The molecule has 0 saturated heterocycles. The maximum Gasteiger partial charge on any atom is 0.332 e. The van der Waals surface area contributed by atoms with Crippen LogP contribution in [0.3, 0.4) is 0 Å². The van der Waals surface area contributed by atoms with Crippen LogP contribution in [0.5, 0.6) is 5.75 Å². The third kappa shape index (κ3) is 4.19. The molecule has 1 aromatic heterocycles. The van der Waals surface area contributed by atoms with Gasteiger partial charge in [-0.2, -0.15) is 5.26 Å². The molecule has 0 radical (unpaired) electrons. The minimum atomic E-state index is -0.675. The molecule has 0 aliphatic carbocycles. The number of nitrogens with one attached hydrogen (secondary N) is 1. The van der Waals surface area contributed by atoms with Gasteiger partial charge in [0.25, 0.3) is 5.56 Å². The van der Waals surface area contributed by atoms with E-state index in [0.717, 1.165) is 4.57 Å². The predicted molar refractivity (Wildman–Crippen MR) is 100 cm³/mol. The first-order valence-corrected chi connectivity index (χ1v) is 8.42. The molecule has 0 aliphatic heterocycles. The molecule has 0 fully saturated rings. The number of benzene rings is 1. The first-order chi connectivity index (χ1) is 12.6. The number of para-hydroxylation sites is 1. The van der Waals surface area contributed by atoms with Crippen molar-refractivity contribution in [3.63, 3.8) is 0 Å². The first-order valence-electron chi connectivity index (χ1n) is 8.42. The van der Waals surface area contributed by atoms with Gasteiger partial charge in [-0.3, -0.25) is 13.9 Å². The van der Waals surface area contributed by atoms with Gasteiger partial charge in [-0.1, -0.05) is 32.9 Å². The predicted octanol–water partition coefficient (Wildman–Crippen LogP) is 2.00. The van der Waals surface area contributed by atoms with E-state index in [1.165, 1.54) is 30.8 Å². The quantitative estimate of drug-likeness (QED) is 0.865. The van der Waals surface area contributed by atoms with Crippen LogP contribution in [0.25, 0.3) is 0 Å². The molecule has 0 saturated carbocycles. The van der Waals surface area contributed by atoms with Crippen molar-refractivity contribution in [1.82, 2.24) is 9.13 Å². The Morgan fingerprint density at radius 1 is 1.22 bits per heavy atom. The summed E-state index contributed by atoms with van der Waals surface area (Å²) in [5, 5.41) is 12.5. The second kappa shape index (κ2) is 7.66. The van der Waals surface area contributed by atoms with E-state index in [-0.39, 0.29) is 29.2 Å². The molecule has 1 atom stereocenters. The van der Waals surface area contributed by atoms with Crippen LogP contribution in [-0.4, -0.2) is 21.8 Å². The molecular formula is C19H23FN4O3. The second-order valence-electron chi connectivity index (χ2n) is 7.35. The SMILES string of the molecule is Cn1c(NC(COc2ccccc2F)C(C)(C)C)c(C#N)c(=O)n(C)c1=O. The first kappa shape index (κ1) is 20.2. The molecule has 1 aromatic carbocycles. The molecule has 1 heterocycles. The van der Waals surface area contributed by atoms with E-state index in [0.29, 0.717) is 0 Å². The molecule has 1 N–H and O–H groups in total. The minimum absolute atomic E-state index is 0.0682. The van der Waals surface area contributed by atoms with Crippen molar-refractivity contribution in [2.75, 3.05) is 11.9 Å². The Hall–Kier alpha value is -3.08. The van der Waals surface area contributed by atoms with Gasteiger partial charge in [-0.05, 0) is 17.5 Å². The Morgan fingerprint density at radius 3 is 2.41 bits per heavy atom. The van der Waals surface area contributed by atoms with E-state index in [2.05, 4.69) is 5.32 Å². The molecule has 8 heteroatoms. The summed E-state index contributed by atoms with van der Waals surface area (Å²) in [6.07, 6.45) is 0. The summed E-state index contributed by atoms with van der Waals surface area (Å²) in [6, 6.07) is 7.49. The van der Waals surface area contributed by atoms with Crippen molar-refractivity contribution in [2.24, 2.45) is 19.5 Å². The van der Waals surface area contributed by atoms with Gasteiger partial charge in [0, 0.05) is 14.1 Å². The van der Waals surface area contributed by atoms with Crippen LogP contribution in [0.2, 0.25) is 0 Å². The fraction of sp³-hybridized carbons (Fsp3) is 0.421. The van der Waals surface area contributed by atoms with Crippen LogP contribution in [0.4, 0.5) is 10.2 Å². The third-order valence-corrected chi connectivity index (χ3v) is 4.37. The lowest BCUT2D eigenvalue weighted by molar-refractivity contribution is 0.212. The number of hydrogen-bond acceptors (Lipinski definition) is 5. The number of ether oxygens (including phenoxy) is 1. The highest BCUT2D eigenvalue weighted by molar-refractivity contribution is 5.52. The number of nitriles is 1. The lowest BCUT2D eigenvalue weighted by Gasteiger charge is -2.33. The highest BCUT2D eigenvalue weighted by Crippen LogP contribution is 2.25. The van der Waals surface area contributed by atoms with Gasteiger partial charge in [0.15, 0.2) is 17.1 Å². The molecule has 7 nitrogen and oxygen atoms in total. The van der Waals surface area contributed by atoms with E-state index in [1.807, 2.05) is 26.8 Å². The van der Waals surface area contributed by atoms with Gasteiger partial charge in [0.05, 0.1) is 6.04 Å². The molecule has 0 spiro atoms. The van der Waals surface area contributed by atoms with Crippen LogP contribution in [0, 0.1) is 22.6 Å². The largest absolute Gasteiger partial charge is 0.488 e. The summed E-state index contributed by atoms with van der Waals surface area (Å²) in [7, 11) is 2.79. The van der Waals surface area contributed by atoms with Gasteiger partial charge >= 0.3 is 5.69 Å². The van der Waals surface area contributed by atoms with Crippen molar-refractivity contribution in [2.45, 2.75) is 26.8 Å². The molecule has 0 bridgehead atoms. The lowest BCUT2D eigenvalue weighted by atomic mass is 9.87. The number of nitrogens with zero attached hydrogens (tertiary/aromatic N) is 3. The smallest absolute Gasteiger partial charge is 0.332 e. The summed E-state index contributed by atoms with van der Waals surface area (Å²) in [4.78, 5) is 24.5. The van der Waals surface area contributed by atoms with Gasteiger partial charge < -0.3 is 10.1 Å². The Morgan fingerprint density at radius 2 is 1.85 bits per heavy atom. The molecule has 2 rings (SSSR count). The number of hydrogen-bond donors (Lipinski definition) is 1. The standard InChI is InChI=1S/C19H23FN4O3/c1-19(2,3)15(11-27-14-9-7-6-8-13(14)20)22-16-12(10-21)17(25)24(5)18(26)23(16)4/h6-9,15,22H,11H2,1-5H3. The fourth-order valence-corrected chi connectivity index (χ4v) is 2.52. The zero-order chi connectivity index (χ0) is 20.4. The summed E-state index contributed by atoms with van der Waals surface area (Å²) in [6.45, 7) is 5.86. The summed E-state index contributed by atoms with van der Waals surface area (Å²) in [5.41, 5.74) is -1.77. The number of halogens is 1. The van der Waals surface area contributed by atoms with Crippen LogP contribution in [0.1, 0.15) is 26.3 Å². The van der Waals surface area contributed by atoms with Crippen LogP contribution in [-0.2, 0) is 14.1 Å². The van der Waals surface area contributed by atoms with Crippen LogP contribution < -0.4 is 21.3 Å². The molecular weight excluding hydrogens is 351 g/mol. The van der Waals surface area contributed by atoms with Crippen molar-refractivity contribution >= 4 is 5.82 Å². The fourth-order valence-electron chi connectivity index (χ4n) is 2.52. The summed E-state index contributed by atoms with van der Waals surface area (Å²) < 4.78 is 21.5. The minimum Gasteiger partial charge on any atom is -0.488 e. The lowest BCUT2D eigenvalue weighted by Crippen LogP contribution is -2.44. The second-order valence-corrected chi connectivity index (χ2v) is 7.35. The van der Waals surface area contributed by atoms with E-state index in [9.17, 15) is 19.2 Å². The van der Waals surface area contributed by atoms with Gasteiger partial charge in [0.2, 0.25) is 0 Å². The van der Waals surface area contributed by atoms with E-state index in [1.54, 1.807) is 12.1 Å². The maximum atomic E-state index is 13.8. The summed E-state index contributed by atoms with van der Waals surface area (Å²) in [5.74, 6) is -0.265. The highest BCUT2D eigenvalue weighted by atomic mass is 19.1. The molecule has 0 amide bonds. The average molecular weight is 374 g/mol. The zero-order valence-corrected chi connectivity index (χ0v) is 16.0. The van der Waals surface area contributed by atoms with E-state index in [4.69, 9.17) is 4.74 Å². The van der Waals surface area contributed by atoms with Crippen molar-refractivity contribution in [3.8, 4) is 11.8 Å². The average Bonchev–Trinajstić information content (AvgIpc) is 2.61. The molecule has 144 valence electrons. The molecule has 2 aromatic rings. The van der Waals surface area contributed by atoms with Crippen molar-refractivity contribution in [1.29, 1.82) is 5.26 Å². The van der Waals surface area contributed by atoms with E-state index >= 15 is 0 Å². The molecule has 27 heavy (non-hydrogen) atoms. The monoisotopic (exact) mass is 374 g/mol. The van der Waals surface area contributed by atoms with Gasteiger partial charge in [0.1, 0.15) is 18.5 Å². The Balaban J connectivity index is 2.41. The topological polar surface area (TPSA) is 89.1 Å². The van der Waals surface area contributed by atoms with Crippen LogP contribution >= 0.6 is 0 Å². The molecule has 1 unspecified atom stereocenters. The van der Waals surface area contributed by atoms with Crippen molar-refractivity contribution in [3.05, 3.63) is 56.5 Å². The number of aromatic nitrogens is 2. The zero-order valence-electron chi connectivity index (χ0n) is 16.0. The Kier molecular flexibility index (Phi) is 5.74. The van der Waals surface area contributed by atoms with Gasteiger partial charge in [-0.15, -0.1) is 0 Å². The Labute approximate surface area is 156 Å². The van der Waals surface area contributed by atoms with Crippen molar-refractivity contribution < 1.29 is 9.13 Å². The van der Waals surface area contributed by atoms with Crippen LogP contribution in [0.15, 0.2) is 33.9 Å². The normalized spacial score (nSPS) is 12.3. The third-order valence-electron chi connectivity index (χ3n) is 4.37. The Bertz CT molecular complexity index is 996. The number of rotatable bonds is 5. The van der Waals surface area contributed by atoms with E-state index < -0.39 is 23.1 Å². The van der Waals surface area contributed by atoms with Gasteiger partial charge in [-0.25, -0.2) is 9.18 Å². The summed E-state index contributed by atoms with van der Waals surface area (Å²) >= 11 is 0.